The molecule has 1 atom stereocenters. The Morgan fingerprint density at radius 2 is 2.43 bits per heavy atom. The number of rotatable bonds is 3. The van der Waals surface area contributed by atoms with Crippen molar-refractivity contribution in [3.8, 4) is 0 Å². The fourth-order valence-electron chi connectivity index (χ4n) is 0.229. The summed E-state index contributed by atoms with van der Waals surface area (Å²) in [5.41, 5.74) is 0. The molecule has 0 amide bonds. The smallest absolute Gasteiger partial charge is 0.0806 e. The average molecular weight is 166 g/mol. The van der Waals surface area contributed by atoms with Crippen molar-refractivity contribution in [2.24, 2.45) is 0 Å². The van der Waals surface area contributed by atoms with E-state index in [0.717, 1.165) is 6.61 Å². The van der Waals surface area contributed by atoms with Crippen molar-refractivity contribution >= 4 is 15.9 Å². The van der Waals surface area contributed by atoms with E-state index >= 15 is 0 Å². The lowest BCUT2D eigenvalue weighted by Crippen LogP contribution is -2.00. The summed E-state index contributed by atoms with van der Waals surface area (Å²) in [6.07, 6.45) is 0. The van der Waals surface area contributed by atoms with E-state index in [0.29, 0.717) is 4.83 Å². The molecule has 0 saturated heterocycles. The predicted octanol–water partition coefficient (Wildman–Crippen LogP) is 1.97. The van der Waals surface area contributed by atoms with Crippen molar-refractivity contribution in [3.63, 3.8) is 0 Å². The van der Waals surface area contributed by atoms with Crippen LogP contribution in [0.4, 0.5) is 0 Å². The molecule has 0 N–H and O–H groups in total. The standard InChI is InChI=1S/C5H10BrO/c1-3-7-4-5(2)6/h3,5H,4H2,1-2H3. The zero-order valence-electron chi connectivity index (χ0n) is 4.65. The highest BCUT2D eigenvalue weighted by atomic mass is 79.9. The highest BCUT2D eigenvalue weighted by Crippen LogP contribution is 1.97. The lowest BCUT2D eigenvalue weighted by Gasteiger charge is -1.99. The van der Waals surface area contributed by atoms with Crippen LogP contribution in [-0.2, 0) is 4.74 Å². The minimum Gasteiger partial charge on any atom is -0.375 e. The molecular weight excluding hydrogens is 156 g/mol. The van der Waals surface area contributed by atoms with Crippen LogP contribution >= 0.6 is 15.9 Å². The Bertz CT molecular complexity index is 37.1. The molecule has 7 heavy (non-hydrogen) atoms. The SMILES string of the molecule is C[CH]OCC(C)Br. The summed E-state index contributed by atoms with van der Waals surface area (Å²) >= 11 is 3.33. The second-order valence-corrected chi connectivity index (χ2v) is 2.91. The van der Waals surface area contributed by atoms with Crippen molar-refractivity contribution in [1.29, 1.82) is 0 Å². The number of halogens is 1. The van der Waals surface area contributed by atoms with Crippen LogP contribution in [0.25, 0.3) is 0 Å². The van der Waals surface area contributed by atoms with E-state index in [9.17, 15) is 0 Å². The molecule has 0 heterocycles. The maximum atomic E-state index is 4.92. The first-order chi connectivity index (χ1) is 3.27. The van der Waals surface area contributed by atoms with Gasteiger partial charge in [-0.2, -0.15) is 0 Å². The van der Waals surface area contributed by atoms with Crippen LogP contribution in [0.15, 0.2) is 0 Å². The molecule has 0 aliphatic rings. The molecule has 0 aliphatic carbocycles. The van der Waals surface area contributed by atoms with E-state index in [2.05, 4.69) is 15.9 Å². The molecular formula is C5H10BrO. The van der Waals surface area contributed by atoms with Gasteiger partial charge in [-0.1, -0.05) is 22.9 Å². The summed E-state index contributed by atoms with van der Waals surface area (Å²) < 4.78 is 4.92. The predicted molar refractivity (Wildman–Crippen MR) is 34.3 cm³/mol. The van der Waals surface area contributed by atoms with E-state index in [1.54, 1.807) is 6.61 Å². The van der Waals surface area contributed by atoms with Gasteiger partial charge in [0.25, 0.3) is 0 Å². The van der Waals surface area contributed by atoms with E-state index in [1.807, 2.05) is 13.8 Å². The van der Waals surface area contributed by atoms with Gasteiger partial charge in [0, 0.05) is 4.83 Å². The van der Waals surface area contributed by atoms with Crippen molar-refractivity contribution in [2.45, 2.75) is 18.7 Å². The molecule has 0 aromatic carbocycles. The number of alkyl halides is 1. The molecule has 0 bridgehead atoms. The molecule has 1 nitrogen and oxygen atoms in total. The zero-order valence-corrected chi connectivity index (χ0v) is 6.23. The third-order valence-corrected chi connectivity index (χ3v) is 0.757. The quantitative estimate of drug-likeness (QED) is 0.582. The van der Waals surface area contributed by atoms with Crippen LogP contribution < -0.4 is 0 Å². The Kier molecular flexibility index (Phi) is 4.88. The lowest BCUT2D eigenvalue weighted by atomic mass is 10.5. The van der Waals surface area contributed by atoms with Crippen molar-refractivity contribution < 1.29 is 4.74 Å². The van der Waals surface area contributed by atoms with Crippen LogP contribution in [0.2, 0.25) is 0 Å². The topological polar surface area (TPSA) is 9.23 Å². The first-order valence-electron chi connectivity index (χ1n) is 2.31. The summed E-state index contributed by atoms with van der Waals surface area (Å²) in [7, 11) is 0. The Hall–Kier alpha value is 0.440. The summed E-state index contributed by atoms with van der Waals surface area (Å²) in [4.78, 5) is 0.462. The number of hydrogen-bond acceptors (Lipinski definition) is 1. The third-order valence-electron chi connectivity index (χ3n) is 0.493. The second-order valence-electron chi connectivity index (χ2n) is 1.35. The average Bonchev–Trinajstić information content (AvgIpc) is 1.61. The Morgan fingerprint density at radius 3 is 2.57 bits per heavy atom. The summed E-state index contributed by atoms with van der Waals surface area (Å²) in [5.74, 6) is 0. The largest absolute Gasteiger partial charge is 0.375 e. The zero-order chi connectivity index (χ0) is 5.70. The molecule has 0 aliphatic heterocycles. The molecule has 0 aromatic heterocycles. The van der Waals surface area contributed by atoms with Crippen molar-refractivity contribution in [2.75, 3.05) is 6.61 Å². The molecule has 0 saturated carbocycles. The Labute approximate surface area is 53.2 Å². The highest BCUT2D eigenvalue weighted by Gasteiger charge is 1.90. The molecule has 0 aromatic rings. The van der Waals surface area contributed by atoms with Gasteiger partial charge in [-0.15, -0.1) is 0 Å². The normalized spacial score (nSPS) is 14.1. The van der Waals surface area contributed by atoms with Crippen LogP contribution in [0.5, 0.6) is 0 Å². The van der Waals surface area contributed by atoms with Gasteiger partial charge in [0.2, 0.25) is 0 Å². The van der Waals surface area contributed by atoms with Crippen LogP contribution in [0, 0.1) is 6.61 Å². The van der Waals surface area contributed by atoms with Crippen molar-refractivity contribution in [1.82, 2.24) is 0 Å². The second kappa shape index (κ2) is 4.60. The lowest BCUT2D eigenvalue weighted by molar-refractivity contribution is 0.210. The van der Waals surface area contributed by atoms with Crippen LogP contribution in [0.1, 0.15) is 13.8 Å². The number of ether oxygens (including phenoxy) is 1. The van der Waals surface area contributed by atoms with Gasteiger partial charge in [-0.25, -0.2) is 0 Å². The monoisotopic (exact) mass is 165 g/mol. The Balaban J connectivity index is 2.68. The van der Waals surface area contributed by atoms with E-state index in [4.69, 9.17) is 4.74 Å². The van der Waals surface area contributed by atoms with Gasteiger partial charge >= 0.3 is 0 Å². The van der Waals surface area contributed by atoms with E-state index in [1.165, 1.54) is 0 Å². The summed E-state index contributed by atoms with van der Waals surface area (Å²) in [5, 5.41) is 0. The molecule has 2 heteroatoms. The number of hydrogen-bond donors (Lipinski definition) is 0. The fraction of sp³-hybridized carbons (Fsp3) is 0.800. The molecule has 43 valence electrons. The molecule has 1 radical (unpaired) electrons. The van der Waals surface area contributed by atoms with Crippen LogP contribution in [-0.4, -0.2) is 11.4 Å². The fourth-order valence-corrected chi connectivity index (χ4v) is 0.381. The van der Waals surface area contributed by atoms with Gasteiger partial charge in [0.1, 0.15) is 0 Å². The minimum atomic E-state index is 0.462. The van der Waals surface area contributed by atoms with Gasteiger partial charge in [-0.3, -0.25) is 0 Å². The van der Waals surface area contributed by atoms with Crippen molar-refractivity contribution in [3.05, 3.63) is 6.61 Å². The third kappa shape index (κ3) is 6.44. The Morgan fingerprint density at radius 1 is 1.86 bits per heavy atom. The van der Waals surface area contributed by atoms with Gasteiger partial charge in [0.15, 0.2) is 0 Å². The summed E-state index contributed by atoms with van der Waals surface area (Å²) in [6.45, 7) is 6.37. The first kappa shape index (κ1) is 7.44. The molecule has 0 fully saturated rings. The molecule has 0 rings (SSSR count). The van der Waals surface area contributed by atoms with Gasteiger partial charge < -0.3 is 4.74 Å². The highest BCUT2D eigenvalue weighted by molar-refractivity contribution is 9.09. The van der Waals surface area contributed by atoms with E-state index < -0.39 is 0 Å². The summed E-state index contributed by atoms with van der Waals surface area (Å²) in [6, 6.07) is 0. The van der Waals surface area contributed by atoms with Gasteiger partial charge in [-0.05, 0) is 6.92 Å². The molecule has 1 unspecified atom stereocenters. The first-order valence-corrected chi connectivity index (χ1v) is 3.22. The maximum Gasteiger partial charge on any atom is 0.0806 e. The van der Waals surface area contributed by atoms with Gasteiger partial charge in [0.05, 0.1) is 13.2 Å². The minimum absolute atomic E-state index is 0.462. The maximum absolute atomic E-state index is 4.92. The molecule has 0 spiro atoms. The van der Waals surface area contributed by atoms with Crippen LogP contribution in [0.3, 0.4) is 0 Å². The van der Waals surface area contributed by atoms with E-state index in [-0.39, 0.29) is 0 Å².